The summed E-state index contributed by atoms with van der Waals surface area (Å²) in [6, 6.07) is 21.9. The Hall–Kier alpha value is -3.65. The normalized spacial score (nSPS) is 12.5. The molecule has 0 aromatic heterocycles. The van der Waals surface area contributed by atoms with Crippen LogP contribution in [-0.2, 0) is 26.2 Å². The van der Waals surface area contributed by atoms with Crippen LogP contribution in [0.25, 0.3) is 0 Å². The number of amides is 2. The molecule has 0 saturated heterocycles. The van der Waals surface area contributed by atoms with Crippen molar-refractivity contribution < 1.29 is 18.0 Å². The molecule has 3 aromatic carbocycles. The van der Waals surface area contributed by atoms with Gasteiger partial charge in [0, 0.05) is 12.1 Å². The van der Waals surface area contributed by atoms with Gasteiger partial charge in [-0.05, 0) is 71.4 Å². The van der Waals surface area contributed by atoms with Crippen molar-refractivity contribution in [2.24, 2.45) is 0 Å². The third-order valence-electron chi connectivity index (χ3n) is 6.07. The quantitative estimate of drug-likeness (QED) is 0.425. The van der Waals surface area contributed by atoms with Crippen molar-refractivity contribution in [2.75, 3.05) is 10.8 Å². The van der Waals surface area contributed by atoms with Crippen LogP contribution in [0, 0.1) is 13.8 Å². The molecule has 0 saturated carbocycles. The Balaban J connectivity index is 2.01. The predicted molar refractivity (Wildman–Crippen MR) is 151 cm³/mol. The van der Waals surface area contributed by atoms with Gasteiger partial charge in [-0.15, -0.1) is 0 Å². The number of carbonyl (C=O) groups is 2. The fourth-order valence-corrected chi connectivity index (χ4v) is 5.34. The molecular weight excluding hydrogens is 498 g/mol. The molecule has 202 valence electrons. The summed E-state index contributed by atoms with van der Waals surface area (Å²) in [4.78, 5) is 28.5. The van der Waals surface area contributed by atoms with E-state index in [0.717, 1.165) is 21.0 Å². The molecule has 1 atom stereocenters. The highest BCUT2D eigenvalue weighted by molar-refractivity contribution is 7.92. The number of aryl methyl sites for hydroxylation is 2. The number of carbonyl (C=O) groups excluding carboxylic acids is 2. The fraction of sp³-hybridized carbons (Fsp3) is 0.333. The van der Waals surface area contributed by atoms with Crippen LogP contribution in [0.15, 0.2) is 83.8 Å². The molecule has 3 aromatic rings. The molecular formula is C30H37N3O4S. The molecule has 0 radical (unpaired) electrons. The number of benzene rings is 3. The highest BCUT2D eigenvalue weighted by atomic mass is 32.2. The van der Waals surface area contributed by atoms with E-state index in [4.69, 9.17) is 0 Å². The van der Waals surface area contributed by atoms with E-state index in [-0.39, 0.29) is 17.3 Å². The van der Waals surface area contributed by atoms with Crippen molar-refractivity contribution in [1.82, 2.24) is 10.2 Å². The van der Waals surface area contributed by atoms with Gasteiger partial charge in [0.05, 0.1) is 10.6 Å². The van der Waals surface area contributed by atoms with E-state index >= 15 is 0 Å². The summed E-state index contributed by atoms with van der Waals surface area (Å²) >= 11 is 0. The molecule has 1 unspecified atom stereocenters. The molecule has 0 heterocycles. The molecule has 0 aliphatic heterocycles. The average Bonchev–Trinajstić information content (AvgIpc) is 2.86. The summed E-state index contributed by atoms with van der Waals surface area (Å²) in [5.74, 6) is -0.798. The van der Waals surface area contributed by atoms with Crippen LogP contribution in [0.1, 0.15) is 44.4 Å². The lowest BCUT2D eigenvalue weighted by molar-refractivity contribution is -0.140. The van der Waals surface area contributed by atoms with Gasteiger partial charge >= 0.3 is 0 Å². The van der Waals surface area contributed by atoms with Gasteiger partial charge in [0.25, 0.3) is 10.0 Å². The lowest BCUT2D eigenvalue weighted by atomic mass is 10.1. The second kappa shape index (κ2) is 11.8. The predicted octanol–water partition coefficient (Wildman–Crippen LogP) is 4.83. The van der Waals surface area contributed by atoms with Gasteiger partial charge < -0.3 is 10.2 Å². The Bertz CT molecular complexity index is 1350. The van der Waals surface area contributed by atoms with Crippen LogP contribution >= 0.6 is 0 Å². The Labute approximate surface area is 226 Å². The van der Waals surface area contributed by atoms with Crippen molar-refractivity contribution in [3.63, 3.8) is 0 Å². The number of sulfonamides is 1. The van der Waals surface area contributed by atoms with Crippen molar-refractivity contribution in [1.29, 1.82) is 0 Å². The maximum atomic E-state index is 13.9. The van der Waals surface area contributed by atoms with E-state index in [0.29, 0.717) is 5.69 Å². The monoisotopic (exact) mass is 535 g/mol. The van der Waals surface area contributed by atoms with Gasteiger partial charge in [-0.25, -0.2) is 8.42 Å². The van der Waals surface area contributed by atoms with Crippen molar-refractivity contribution in [2.45, 2.75) is 64.6 Å². The number of rotatable bonds is 9. The molecule has 1 N–H and O–H groups in total. The largest absolute Gasteiger partial charge is 0.350 e. The highest BCUT2D eigenvalue weighted by Crippen LogP contribution is 2.25. The zero-order chi connectivity index (χ0) is 28.1. The van der Waals surface area contributed by atoms with Gasteiger partial charge in [-0.2, -0.15) is 0 Å². The first-order valence-electron chi connectivity index (χ1n) is 12.6. The maximum Gasteiger partial charge on any atom is 0.264 e. The van der Waals surface area contributed by atoms with E-state index in [2.05, 4.69) is 5.32 Å². The topological polar surface area (TPSA) is 86.8 Å². The molecule has 0 spiro atoms. The van der Waals surface area contributed by atoms with E-state index in [9.17, 15) is 18.0 Å². The van der Waals surface area contributed by atoms with Crippen LogP contribution < -0.4 is 9.62 Å². The molecule has 0 aliphatic rings. The highest BCUT2D eigenvalue weighted by Gasteiger charge is 2.33. The number of nitrogens with one attached hydrogen (secondary N) is 1. The first-order chi connectivity index (χ1) is 17.8. The molecule has 38 heavy (non-hydrogen) atoms. The molecule has 0 bridgehead atoms. The van der Waals surface area contributed by atoms with E-state index in [1.165, 1.54) is 17.0 Å². The summed E-state index contributed by atoms with van der Waals surface area (Å²) in [7, 11) is -4.06. The Morgan fingerprint density at radius 2 is 1.37 bits per heavy atom. The second-order valence-electron chi connectivity index (χ2n) is 10.6. The first kappa shape index (κ1) is 28.9. The van der Waals surface area contributed by atoms with Crippen molar-refractivity contribution in [3.05, 3.63) is 95.6 Å². The molecule has 7 nitrogen and oxygen atoms in total. The molecule has 3 rings (SSSR count). The van der Waals surface area contributed by atoms with E-state index < -0.39 is 34.1 Å². The zero-order valence-electron chi connectivity index (χ0n) is 22.9. The minimum Gasteiger partial charge on any atom is -0.350 e. The summed E-state index contributed by atoms with van der Waals surface area (Å²) in [6.45, 7) is 10.9. The lowest BCUT2D eigenvalue weighted by Crippen LogP contribution is -2.54. The number of anilines is 1. The smallest absolute Gasteiger partial charge is 0.264 e. The van der Waals surface area contributed by atoms with Gasteiger partial charge in [0.2, 0.25) is 11.8 Å². The first-order valence-corrected chi connectivity index (χ1v) is 14.0. The standard InChI is InChI=1S/C30H37N3O4S/c1-22-12-16-25(17-13-22)20-32(24(3)29(35)31-30(4,5)6)28(34)21-33(26-18-14-23(2)15-19-26)38(36,37)27-10-8-7-9-11-27/h7-19,24H,20-21H2,1-6H3,(H,31,35). The molecule has 8 heteroatoms. The van der Waals surface area contributed by atoms with Crippen molar-refractivity contribution in [3.8, 4) is 0 Å². The summed E-state index contributed by atoms with van der Waals surface area (Å²) in [6.07, 6.45) is 0. The van der Waals surface area contributed by atoms with Crippen LogP contribution in [0.5, 0.6) is 0 Å². The molecule has 0 aliphatic carbocycles. The SMILES string of the molecule is Cc1ccc(CN(C(=O)CN(c2ccc(C)cc2)S(=O)(=O)c2ccccc2)C(C)C(=O)NC(C)(C)C)cc1. The number of hydrogen-bond acceptors (Lipinski definition) is 4. The maximum absolute atomic E-state index is 13.9. The average molecular weight is 536 g/mol. The van der Waals surface area contributed by atoms with Crippen LogP contribution in [0.2, 0.25) is 0 Å². The van der Waals surface area contributed by atoms with E-state index in [1.807, 2.05) is 58.9 Å². The minimum atomic E-state index is -4.06. The van der Waals surface area contributed by atoms with E-state index in [1.54, 1.807) is 49.4 Å². The summed E-state index contributed by atoms with van der Waals surface area (Å²) in [5, 5.41) is 2.93. The molecule has 2 amide bonds. The lowest BCUT2D eigenvalue weighted by Gasteiger charge is -2.33. The Kier molecular flexibility index (Phi) is 8.99. The second-order valence-corrected chi connectivity index (χ2v) is 12.4. The van der Waals surface area contributed by atoms with Crippen molar-refractivity contribution >= 4 is 27.5 Å². The summed E-state index contributed by atoms with van der Waals surface area (Å²) in [5.41, 5.74) is 2.76. The minimum absolute atomic E-state index is 0.0805. The number of nitrogens with zero attached hydrogens (tertiary/aromatic N) is 2. The van der Waals surface area contributed by atoms with Gasteiger partial charge in [-0.3, -0.25) is 13.9 Å². The Morgan fingerprint density at radius 1 is 0.842 bits per heavy atom. The zero-order valence-corrected chi connectivity index (χ0v) is 23.7. The third kappa shape index (κ3) is 7.44. The Morgan fingerprint density at radius 3 is 1.89 bits per heavy atom. The summed E-state index contributed by atoms with van der Waals surface area (Å²) < 4.78 is 28.6. The third-order valence-corrected chi connectivity index (χ3v) is 7.86. The van der Waals surface area contributed by atoms with Crippen LogP contribution in [0.3, 0.4) is 0 Å². The fourth-order valence-electron chi connectivity index (χ4n) is 3.91. The van der Waals surface area contributed by atoms with Gasteiger partial charge in [-0.1, -0.05) is 65.7 Å². The molecule has 0 fully saturated rings. The van der Waals surface area contributed by atoms with Gasteiger partial charge in [0.1, 0.15) is 12.6 Å². The number of hydrogen-bond donors (Lipinski definition) is 1. The van der Waals surface area contributed by atoms with Gasteiger partial charge in [0.15, 0.2) is 0 Å². The van der Waals surface area contributed by atoms with Crippen LogP contribution in [-0.4, -0.2) is 43.3 Å². The van der Waals surface area contributed by atoms with Crippen LogP contribution in [0.4, 0.5) is 5.69 Å².